The summed E-state index contributed by atoms with van der Waals surface area (Å²) in [5, 5.41) is 2.83. The Kier molecular flexibility index (Phi) is 6.46. The fourth-order valence-electron chi connectivity index (χ4n) is 3.39. The molecule has 1 aromatic heterocycles. The molecule has 0 aliphatic heterocycles. The Morgan fingerprint density at radius 1 is 0.969 bits per heavy atom. The number of imidazole rings is 1. The van der Waals surface area contributed by atoms with Crippen LogP contribution in [0.15, 0.2) is 85.2 Å². The monoisotopic (exact) mass is 429 g/mol. The number of rotatable bonds is 8. The minimum atomic E-state index is -1.12. The van der Waals surface area contributed by atoms with Crippen molar-refractivity contribution in [1.29, 1.82) is 0 Å². The SMILES string of the molecule is CCOc1ccccc1NC(=O)C(OC(=O)Cn1cnc2ccccc21)c1ccccc1. The van der Waals surface area contributed by atoms with Crippen LogP contribution in [0, 0.1) is 0 Å². The lowest BCUT2D eigenvalue weighted by Gasteiger charge is -2.19. The van der Waals surface area contributed by atoms with Gasteiger partial charge in [0.15, 0.2) is 0 Å². The van der Waals surface area contributed by atoms with Gasteiger partial charge in [0.1, 0.15) is 12.3 Å². The van der Waals surface area contributed by atoms with E-state index >= 15 is 0 Å². The third kappa shape index (κ3) is 4.78. The maximum absolute atomic E-state index is 13.2. The first kappa shape index (κ1) is 21.1. The summed E-state index contributed by atoms with van der Waals surface area (Å²) >= 11 is 0. The second-order valence-electron chi connectivity index (χ2n) is 7.06. The molecule has 162 valence electrons. The summed E-state index contributed by atoms with van der Waals surface area (Å²) in [4.78, 5) is 30.2. The van der Waals surface area contributed by atoms with Crippen molar-refractivity contribution in [3.8, 4) is 5.75 Å². The molecule has 4 rings (SSSR count). The average molecular weight is 429 g/mol. The molecule has 0 bridgehead atoms. The highest BCUT2D eigenvalue weighted by Gasteiger charge is 2.26. The summed E-state index contributed by atoms with van der Waals surface area (Å²) in [6.45, 7) is 2.27. The van der Waals surface area contributed by atoms with E-state index in [0.29, 0.717) is 23.6 Å². The van der Waals surface area contributed by atoms with E-state index in [0.717, 1.165) is 11.0 Å². The molecule has 0 aliphatic carbocycles. The maximum Gasteiger partial charge on any atom is 0.327 e. The number of esters is 1. The number of fused-ring (bicyclic) bond motifs is 1. The maximum atomic E-state index is 13.2. The molecule has 0 saturated heterocycles. The fraction of sp³-hybridized carbons (Fsp3) is 0.160. The molecule has 1 N–H and O–H groups in total. The highest BCUT2D eigenvalue weighted by atomic mass is 16.5. The van der Waals surface area contributed by atoms with Gasteiger partial charge in [-0.25, -0.2) is 4.98 Å². The molecule has 1 atom stereocenters. The molecule has 1 amide bonds. The van der Waals surface area contributed by atoms with Crippen molar-refractivity contribution in [2.75, 3.05) is 11.9 Å². The number of anilines is 1. The van der Waals surface area contributed by atoms with Gasteiger partial charge in [-0.2, -0.15) is 0 Å². The normalized spacial score (nSPS) is 11.7. The van der Waals surface area contributed by atoms with E-state index in [1.54, 1.807) is 53.4 Å². The third-order valence-electron chi connectivity index (χ3n) is 4.86. The zero-order valence-corrected chi connectivity index (χ0v) is 17.6. The highest BCUT2D eigenvalue weighted by molar-refractivity contribution is 5.97. The predicted molar refractivity (Wildman–Crippen MR) is 121 cm³/mol. The van der Waals surface area contributed by atoms with E-state index in [4.69, 9.17) is 9.47 Å². The van der Waals surface area contributed by atoms with Gasteiger partial charge in [0.25, 0.3) is 5.91 Å². The van der Waals surface area contributed by atoms with Gasteiger partial charge in [-0.15, -0.1) is 0 Å². The molecule has 7 nitrogen and oxygen atoms in total. The van der Waals surface area contributed by atoms with Crippen molar-refractivity contribution < 1.29 is 19.1 Å². The van der Waals surface area contributed by atoms with Crippen molar-refractivity contribution in [2.45, 2.75) is 19.6 Å². The minimum absolute atomic E-state index is 0.0628. The van der Waals surface area contributed by atoms with Crippen LogP contribution < -0.4 is 10.1 Å². The van der Waals surface area contributed by atoms with E-state index in [1.807, 2.05) is 43.3 Å². The summed E-state index contributed by atoms with van der Waals surface area (Å²) in [5.41, 5.74) is 2.68. The van der Waals surface area contributed by atoms with Crippen LogP contribution in [0.2, 0.25) is 0 Å². The second kappa shape index (κ2) is 9.78. The van der Waals surface area contributed by atoms with Crippen LogP contribution >= 0.6 is 0 Å². The van der Waals surface area contributed by atoms with E-state index in [9.17, 15) is 9.59 Å². The van der Waals surface area contributed by atoms with Crippen molar-refractivity contribution in [2.24, 2.45) is 0 Å². The van der Waals surface area contributed by atoms with Crippen molar-refractivity contribution in [1.82, 2.24) is 9.55 Å². The van der Waals surface area contributed by atoms with Gasteiger partial charge in [-0.1, -0.05) is 54.6 Å². The molecule has 3 aromatic carbocycles. The van der Waals surface area contributed by atoms with Gasteiger partial charge in [0.05, 0.1) is 29.7 Å². The smallest absolute Gasteiger partial charge is 0.327 e. The van der Waals surface area contributed by atoms with Gasteiger partial charge in [0.2, 0.25) is 6.10 Å². The number of para-hydroxylation sites is 4. The summed E-state index contributed by atoms with van der Waals surface area (Å²) in [6, 6.07) is 23.6. The Hall–Kier alpha value is -4.13. The number of nitrogens with zero attached hydrogens (tertiary/aromatic N) is 2. The van der Waals surface area contributed by atoms with Crippen LogP contribution in [0.5, 0.6) is 5.75 Å². The molecule has 4 aromatic rings. The largest absolute Gasteiger partial charge is 0.492 e. The first-order valence-corrected chi connectivity index (χ1v) is 10.3. The van der Waals surface area contributed by atoms with Gasteiger partial charge in [0, 0.05) is 5.56 Å². The summed E-state index contributed by atoms with van der Waals surface area (Å²) in [5.74, 6) is -0.464. The molecule has 1 heterocycles. The molecule has 0 saturated carbocycles. The topological polar surface area (TPSA) is 82.5 Å². The number of aromatic nitrogens is 2. The number of nitrogens with one attached hydrogen (secondary N) is 1. The second-order valence-corrected chi connectivity index (χ2v) is 7.06. The van der Waals surface area contributed by atoms with E-state index in [-0.39, 0.29) is 6.54 Å². The minimum Gasteiger partial charge on any atom is -0.492 e. The number of amides is 1. The lowest BCUT2D eigenvalue weighted by molar-refractivity contribution is -0.155. The van der Waals surface area contributed by atoms with Crippen molar-refractivity contribution in [3.05, 3.63) is 90.8 Å². The number of carbonyl (C=O) groups excluding carboxylic acids is 2. The zero-order valence-electron chi connectivity index (χ0n) is 17.6. The lowest BCUT2D eigenvalue weighted by atomic mass is 10.1. The predicted octanol–water partition coefficient (Wildman–Crippen LogP) is 4.36. The zero-order chi connectivity index (χ0) is 22.3. The van der Waals surface area contributed by atoms with Crippen LogP contribution in [-0.2, 0) is 20.9 Å². The molecular formula is C25H23N3O4. The third-order valence-corrected chi connectivity index (χ3v) is 4.86. The van der Waals surface area contributed by atoms with Gasteiger partial charge < -0.3 is 19.4 Å². The highest BCUT2D eigenvalue weighted by Crippen LogP contribution is 2.27. The van der Waals surface area contributed by atoms with E-state index in [1.165, 1.54) is 0 Å². The number of ether oxygens (including phenoxy) is 2. The number of carbonyl (C=O) groups is 2. The molecule has 1 unspecified atom stereocenters. The summed E-state index contributed by atoms with van der Waals surface area (Å²) in [6.07, 6.45) is 0.468. The Balaban J connectivity index is 1.54. The van der Waals surface area contributed by atoms with Gasteiger partial charge in [-0.3, -0.25) is 9.59 Å². The molecule has 0 fully saturated rings. The summed E-state index contributed by atoms with van der Waals surface area (Å²) in [7, 11) is 0. The van der Waals surface area contributed by atoms with Crippen molar-refractivity contribution >= 4 is 28.6 Å². The van der Waals surface area contributed by atoms with Gasteiger partial charge >= 0.3 is 5.97 Å². The number of benzene rings is 3. The molecular weight excluding hydrogens is 406 g/mol. The van der Waals surface area contributed by atoms with Crippen LogP contribution in [0.3, 0.4) is 0 Å². The molecule has 7 heteroatoms. The Labute approximate surface area is 185 Å². The first-order valence-electron chi connectivity index (χ1n) is 10.3. The molecule has 0 spiro atoms. The quantitative estimate of drug-likeness (QED) is 0.421. The van der Waals surface area contributed by atoms with E-state index in [2.05, 4.69) is 10.3 Å². The van der Waals surface area contributed by atoms with Crippen LogP contribution in [0.25, 0.3) is 11.0 Å². The van der Waals surface area contributed by atoms with Crippen molar-refractivity contribution in [3.63, 3.8) is 0 Å². The Morgan fingerprint density at radius 3 is 2.50 bits per heavy atom. The number of hydrogen-bond donors (Lipinski definition) is 1. The standard InChI is InChI=1S/C25H23N3O4/c1-2-31-22-15-9-7-13-20(22)27-25(30)24(18-10-4-3-5-11-18)32-23(29)16-28-17-26-19-12-6-8-14-21(19)28/h3-15,17,24H,2,16H2,1H3,(H,27,30). The van der Waals surface area contributed by atoms with Crippen LogP contribution in [0.1, 0.15) is 18.6 Å². The van der Waals surface area contributed by atoms with Crippen LogP contribution in [0.4, 0.5) is 5.69 Å². The lowest BCUT2D eigenvalue weighted by Crippen LogP contribution is -2.27. The summed E-state index contributed by atoms with van der Waals surface area (Å²) < 4.78 is 12.9. The fourth-order valence-corrected chi connectivity index (χ4v) is 3.39. The van der Waals surface area contributed by atoms with Crippen LogP contribution in [-0.4, -0.2) is 28.0 Å². The molecule has 0 radical (unpaired) electrons. The van der Waals surface area contributed by atoms with Gasteiger partial charge in [-0.05, 0) is 31.2 Å². The molecule has 0 aliphatic rings. The number of hydrogen-bond acceptors (Lipinski definition) is 5. The molecule has 32 heavy (non-hydrogen) atoms. The Bertz CT molecular complexity index is 1220. The Morgan fingerprint density at radius 2 is 1.69 bits per heavy atom. The van der Waals surface area contributed by atoms with E-state index < -0.39 is 18.0 Å². The first-order chi connectivity index (χ1) is 15.7. The average Bonchev–Trinajstić information content (AvgIpc) is 3.22.